The number of rotatable bonds is 4. The molecule has 2 aromatic rings. The van der Waals surface area contributed by atoms with Crippen LogP contribution in [-0.4, -0.2) is 23.2 Å². The molecule has 0 atom stereocenters. The van der Waals surface area contributed by atoms with E-state index in [0.29, 0.717) is 18.0 Å². The number of H-pyrrole nitrogens is 1. The van der Waals surface area contributed by atoms with Gasteiger partial charge in [-0.25, -0.2) is 0 Å². The van der Waals surface area contributed by atoms with Crippen molar-refractivity contribution in [2.24, 2.45) is 0 Å². The van der Waals surface area contributed by atoms with Crippen molar-refractivity contribution in [3.8, 4) is 0 Å². The molecule has 0 aliphatic carbocycles. The highest BCUT2D eigenvalue weighted by molar-refractivity contribution is 6.03. The smallest absolute Gasteiger partial charge is 0.273 e. The summed E-state index contributed by atoms with van der Waals surface area (Å²) in [6.45, 7) is 0.432. The van der Waals surface area contributed by atoms with E-state index in [-0.39, 0.29) is 11.7 Å². The summed E-state index contributed by atoms with van der Waals surface area (Å²) in [5.74, 6) is -0.00641. The Morgan fingerprint density at radius 1 is 1.50 bits per heavy atom. The van der Waals surface area contributed by atoms with E-state index in [2.05, 4.69) is 15.5 Å². The first kappa shape index (κ1) is 12.1. The van der Waals surface area contributed by atoms with Crippen LogP contribution in [0.1, 0.15) is 16.1 Å². The summed E-state index contributed by atoms with van der Waals surface area (Å²) in [5, 5.41) is 9.04. The second kappa shape index (κ2) is 5.33. The number of anilines is 2. The summed E-state index contributed by atoms with van der Waals surface area (Å²) < 4.78 is 5.07. The number of carbonyl (C=O) groups is 1. The Bertz CT molecular complexity index is 551. The average molecular weight is 246 g/mol. The molecule has 0 unspecified atom stereocenters. The topological polar surface area (TPSA) is 93.0 Å². The normalized spacial score (nSPS) is 10.3. The van der Waals surface area contributed by atoms with Crippen LogP contribution in [-0.2, 0) is 11.3 Å². The minimum atomic E-state index is -0.289. The molecule has 4 N–H and O–H groups in total. The summed E-state index contributed by atoms with van der Waals surface area (Å²) in [4.78, 5) is 11.9. The van der Waals surface area contributed by atoms with Crippen molar-refractivity contribution in [2.45, 2.75) is 6.61 Å². The quantitative estimate of drug-likeness (QED) is 0.760. The third-order valence-electron chi connectivity index (χ3n) is 2.41. The van der Waals surface area contributed by atoms with Gasteiger partial charge < -0.3 is 15.8 Å². The van der Waals surface area contributed by atoms with Gasteiger partial charge in [-0.1, -0.05) is 18.2 Å². The van der Waals surface area contributed by atoms with Gasteiger partial charge in [0, 0.05) is 24.4 Å². The highest BCUT2D eigenvalue weighted by atomic mass is 16.5. The number of amides is 1. The zero-order valence-corrected chi connectivity index (χ0v) is 9.93. The molecule has 1 amide bonds. The van der Waals surface area contributed by atoms with Crippen molar-refractivity contribution >= 4 is 17.4 Å². The molecule has 0 fully saturated rings. The van der Waals surface area contributed by atoms with Gasteiger partial charge in [-0.2, -0.15) is 5.10 Å². The molecule has 6 nitrogen and oxygen atoms in total. The molecule has 0 saturated heterocycles. The summed E-state index contributed by atoms with van der Waals surface area (Å²) >= 11 is 0. The number of nitrogens with two attached hydrogens (primary N) is 1. The first-order chi connectivity index (χ1) is 8.70. The van der Waals surface area contributed by atoms with E-state index in [0.717, 1.165) is 5.56 Å². The number of aromatic nitrogens is 2. The number of nitrogens with one attached hydrogen (secondary N) is 2. The maximum atomic E-state index is 11.9. The van der Waals surface area contributed by atoms with Gasteiger partial charge in [-0.15, -0.1) is 0 Å². The molecule has 2 rings (SSSR count). The lowest BCUT2D eigenvalue weighted by molar-refractivity contribution is 0.102. The highest BCUT2D eigenvalue weighted by Crippen LogP contribution is 2.16. The number of aromatic amines is 1. The molecule has 18 heavy (non-hydrogen) atoms. The summed E-state index contributed by atoms with van der Waals surface area (Å²) in [7, 11) is 1.61. The number of benzene rings is 1. The Labute approximate surface area is 104 Å². The van der Waals surface area contributed by atoms with E-state index in [1.54, 1.807) is 7.11 Å². The number of hydrogen-bond donors (Lipinski definition) is 3. The maximum absolute atomic E-state index is 11.9. The first-order valence-electron chi connectivity index (χ1n) is 5.40. The molecule has 1 aromatic carbocycles. The maximum Gasteiger partial charge on any atom is 0.273 e. The van der Waals surface area contributed by atoms with Crippen LogP contribution in [0.15, 0.2) is 30.3 Å². The highest BCUT2D eigenvalue weighted by Gasteiger charge is 2.10. The Hall–Kier alpha value is -2.34. The molecule has 94 valence electrons. The van der Waals surface area contributed by atoms with Gasteiger partial charge in [0.15, 0.2) is 0 Å². The molecule has 1 aromatic heterocycles. The monoisotopic (exact) mass is 246 g/mol. The third kappa shape index (κ3) is 2.67. The van der Waals surface area contributed by atoms with Crippen LogP contribution in [0.3, 0.4) is 0 Å². The van der Waals surface area contributed by atoms with Crippen LogP contribution in [0.25, 0.3) is 0 Å². The van der Waals surface area contributed by atoms with E-state index in [4.69, 9.17) is 10.5 Å². The molecule has 1 heterocycles. The summed E-state index contributed by atoms with van der Waals surface area (Å²) in [6.07, 6.45) is 0. The van der Waals surface area contributed by atoms with Gasteiger partial charge in [0.2, 0.25) is 0 Å². The van der Waals surface area contributed by atoms with Crippen molar-refractivity contribution in [3.63, 3.8) is 0 Å². The third-order valence-corrected chi connectivity index (χ3v) is 2.41. The average Bonchev–Trinajstić information content (AvgIpc) is 2.79. The van der Waals surface area contributed by atoms with Gasteiger partial charge in [0.25, 0.3) is 5.91 Å². The minimum Gasteiger partial charge on any atom is -0.382 e. The number of hydrogen-bond acceptors (Lipinski definition) is 4. The fourth-order valence-corrected chi connectivity index (χ4v) is 1.57. The van der Waals surface area contributed by atoms with Gasteiger partial charge >= 0.3 is 0 Å². The van der Waals surface area contributed by atoms with Crippen LogP contribution >= 0.6 is 0 Å². The Morgan fingerprint density at radius 2 is 2.28 bits per heavy atom. The van der Waals surface area contributed by atoms with E-state index in [1.165, 1.54) is 6.07 Å². The SMILES string of the molecule is COCc1ccccc1NC(=O)c1cc(N)n[nH]1. The van der Waals surface area contributed by atoms with Crippen LogP contribution in [0.2, 0.25) is 0 Å². The molecule has 6 heteroatoms. The number of nitrogens with zero attached hydrogens (tertiary/aromatic N) is 1. The summed E-state index contributed by atoms with van der Waals surface area (Å²) in [5.41, 5.74) is 7.37. The number of nitrogen functional groups attached to an aromatic ring is 1. The second-order valence-corrected chi connectivity index (χ2v) is 3.75. The van der Waals surface area contributed by atoms with Gasteiger partial charge in [0.05, 0.1) is 6.61 Å². The van der Waals surface area contributed by atoms with E-state index < -0.39 is 0 Å². The second-order valence-electron chi connectivity index (χ2n) is 3.75. The number of methoxy groups -OCH3 is 1. The molecule has 0 bridgehead atoms. The van der Waals surface area contributed by atoms with Crippen molar-refractivity contribution in [3.05, 3.63) is 41.6 Å². The lowest BCUT2D eigenvalue weighted by atomic mass is 10.2. The fourth-order valence-electron chi connectivity index (χ4n) is 1.57. The van der Waals surface area contributed by atoms with Crippen molar-refractivity contribution in [1.29, 1.82) is 0 Å². The molecule has 0 aliphatic rings. The standard InChI is InChI=1S/C12H14N4O2/c1-18-7-8-4-2-3-5-9(8)14-12(17)10-6-11(13)16-15-10/h2-6H,7H2,1H3,(H,14,17)(H3,13,15,16). The van der Waals surface area contributed by atoms with Gasteiger partial charge in [0.1, 0.15) is 11.5 Å². The summed E-state index contributed by atoms with van der Waals surface area (Å²) in [6, 6.07) is 8.91. The molecule has 0 aliphatic heterocycles. The van der Waals surface area contributed by atoms with Crippen LogP contribution < -0.4 is 11.1 Å². The molecular formula is C12H14N4O2. The molecular weight excluding hydrogens is 232 g/mol. The molecule has 0 radical (unpaired) electrons. The van der Waals surface area contributed by atoms with Crippen molar-refractivity contribution in [1.82, 2.24) is 10.2 Å². The van der Waals surface area contributed by atoms with Crippen LogP contribution in [0, 0.1) is 0 Å². The van der Waals surface area contributed by atoms with Gasteiger partial charge in [-0.05, 0) is 6.07 Å². The Kier molecular flexibility index (Phi) is 3.59. The van der Waals surface area contributed by atoms with Crippen LogP contribution in [0.5, 0.6) is 0 Å². The number of carbonyl (C=O) groups excluding carboxylic acids is 1. The fraction of sp³-hybridized carbons (Fsp3) is 0.167. The lowest BCUT2D eigenvalue weighted by Crippen LogP contribution is -2.14. The number of ether oxygens (including phenoxy) is 1. The minimum absolute atomic E-state index is 0.283. The first-order valence-corrected chi connectivity index (χ1v) is 5.40. The van der Waals surface area contributed by atoms with Crippen LogP contribution in [0.4, 0.5) is 11.5 Å². The Morgan fingerprint density at radius 3 is 2.94 bits per heavy atom. The Balaban J connectivity index is 2.16. The number of para-hydroxylation sites is 1. The van der Waals surface area contributed by atoms with Crippen molar-refractivity contribution < 1.29 is 9.53 Å². The molecule has 0 saturated carbocycles. The lowest BCUT2D eigenvalue weighted by Gasteiger charge is -2.09. The predicted octanol–water partition coefficient (Wildman–Crippen LogP) is 1.39. The van der Waals surface area contributed by atoms with E-state index in [1.807, 2.05) is 24.3 Å². The van der Waals surface area contributed by atoms with Crippen molar-refractivity contribution in [2.75, 3.05) is 18.2 Å². The van der Waals surface area contributed by atoms with E-state index in [9.17, 15) is 4.79 Å². The van der Waals surface area contributed by atoms with Gasteiger partial charge in [-0.3, -0.25) is 9.89 Å². The zero-order chi connectivity index (χ0) is 13.0. The van der Waals surface area contributed by atoms with E-state index >= 15 is 0 Å². The predicted molar refractivity (Wildman–Crippen MR) is 68.1 cm³/mol. The largest absolute Gasteiger partial charge is 0.382 e. The zero-order valence-electron chi connectivity index (χ0n) is 9.93. The molecule has 0 spiro atoms.